The molecule has 1 aromatic carbocycles. The Kier molecular flexibility index (Phi) is 6.34. The third-order valence-electron chi connectivity index (χ3n) is 4.41. The highest BCUT2D eigenvalue weighted by atomic mass is 16.2. The number of rotatable bonds is 8. The third-order valence-corrected chi connectivity index (χ3v) is 4.41. The molecule has 3 N–H and O–H groups in total. The number of hydrogen-bond acceptors (Lipinski definition) is 3. The van der Waals surface area contributed by atoms with Gasteiger partial charge in [0.05, 0.1) is 0 Å². The van der Waals surface area contributed by atoms with Gasteiger partial charge in [0.2, 0.25) is 5.91 Å². The number of ketones is 1. The van der Waals surface area contributed by atoms with E-state index in [0.717, 1.165) is 24.8 Å². The van der Waals surface area contributed by atoms with E-state index in [9.17, 15) is 9.59 Å². The molecule has 2 rings (SSSR count). The molecule has 1 aliphatic carbocycles. The van der Waals surface area contributed by atoms with Crippen molar-refractivity contribution in [2.24, 2.45) is 11.7 Å². The third kappa shape index (κ3) is 5.17. The maximum Gasteiger partial charge on any atom is 0.220 e. The van der Waals surface area contributed by atoms with Gasteiger partial charge in [-0.3, -0.25) is 9.59 Å². The number of benzene rings is 1. The van der Waals surface area contributed by atoms with E-state index in [1.807, 2.05) is 12.1 Å². The molecule has 0 saturated carbocycles. The van der Waals surface area contributed by atoms with Crippen LogP contribution in [-0.4, -0.2) is 24.3 Å². The summed E-state index contributed by atoms with van der Waals surface area (Å²) in [5.41, 5.74) is 9.07. The Bertz CT molecular complexity index is 566. The number of nitrogens with one attached hydrogen (secondary N) is 1. The summed E-state index contributed by atoms with van der Waals surface area (Å²) in [6.45, 7) is 4.64. The van der Waals surface area contributed by atoms with E-state index in [0.29, 0.717) is 12.5 Å². The average Bonchev–Trinajstić information content (AvgIpc) is 2.98. The highest BCUT2D eigenvalue weighted by molar-refractivity contribution is 5.98. The average molecular weight is 316 g/mol. The highest BCUT2D eigenvalue weighted by Gasteiger charge is 2.16. The fourth-order valence-electron chi connectivity index (χ4n) is 3.20. The molecule has 0 aromatic heterocycles. The monoisotopic (exact) mass is 316 g/mol. The highest BCUT2D eigenvalue weighted by Crippen LogP contribution is 2.23. The number of amides is 1. The van der Waals surface area contributed by atoms with Crippen LogP contribution in [0, 0.1) is 5.92 Å². The SMILES string of the molecule is CC(C)CC(CN)NC(=O)CCC(=O)c1ccc2c(c1)CCC2. The first kappa shape index (κ1) is 17.7. The van der Waals surface area contributed by atoms with Crippen molar-refractivity contribution in [2.45, 2.75) is 58.4 Å². The van der Waals surface area contributed by atoms with Crippen LogP contribution in [0.4, 0.5) is 0 Å². The molecule has 1 atom stereocenters. The lowest BCUT2D eigenvalue weighted by Gasteiger charge is -2.18. The molecule has 126 valence electrons. The fourth-order valence-corrected chi connectivity index (χ4v) is 3.20. The van der Waals surface area contributed by atoms with E-state index < -0.39 is 0 Å². The van der Waals surface area contributed by atoms with Crippen molar-refractivity contribution in [3.63, 3.8) is 0 Å². The summed E-state index contributed by atoms with van der Waals surface area (Å²) in [5, 5.41) is 2.93. The molecule has 1 aliphatic rings. The Hall–Kier alpha value is -1.68. The number of hydrogen-bond donors (Lipinski definition) is 2. The number of fused-ring (bicyclic) bond motifs is 1. The van der Waals surface area contributed by atoms with Gasteiger partial charge in [0.15, 0.2) is 5.78 Å². The molecule has 0 bridgehead atoms. The molecule has 4 nitrogen and oxygen atoms in total. The normalized spacial score (nSPS) is 14.6. The van der Waals surface area contributed by atoms with Gasteiger partial charge in [-0.05, 0) is 48.8 Å². The van der Waals surface area contributed by atoms with Crippen LogP contribution in [0.5, 0.6) is 0 Å². The van der Waals surface area contributed by atoms with Gasteiger partial charge in [-0.15, -0.1) is 0 Å². The number of aryl methyl sites for hydroxylation is 2. The zero-order valence-electron chi connectivity index (χ0n) is 14.2. The van der Waals surface area contributed by atoms with Gasteiger partial charge in [0, 0.05) is 31.0 Å². The van der Waals surface area contributed by atoms with E-state index in [4.69, 9.17) is 5.73 Å². The molecule has 0 radical (unpaired) electrons. The predicted molar refractivity (Wildman–Crippen MR) is 92.5 cm³/mol. The molecule has 0 spiro atoms. The minimum atomic E-state index is -0.0874. The summed E-state index contributed by atoms with van der Waals surface area (Å²) in [6, 6.07) is 5.95. The van der Waals surface area contributed by atoms with Crippen LogP contribution >= 0.6 is 0 Å². The first-order valence-corrected chi connectivity index (χ1v) is 8.64. The van der Waals surface area contributed by atoms with Crippen molar-refractivity contribution in [3.8, 4) is 0 Å². The van der Waals surface area contributed by atoms with E-state index in [1.54, 1.807) is 0 Å². The molecule has 0 aliphatic heterocycles. The van der Waals surface area contributed by atoms with Crippen LogP contribution in [0.15, 0.2) is 18.2 Å². The maximum absolute atomic E-state index is 12.3. The van der Waals surface area contributed by atoms with E-state index in [-0.39, 0.29) is 30.6 Å². The first-order chi connectivity index (χ1) is 11.0. The second-order valence-corrected chi connectivity index (χ2v) is 6.89. The van der Waals surface area contributed by atoms with Crippen molar-refractivity contribution < 1.29 is 9.59 Å². The molecule has 1 amide bonds. The van der Waals surface area contributed by atoms with Crippen molar-refractivity contribution in [1.29, 1.82) is 0 Å². The van der Waals surface area contributed by atoms with Crippen LogP contribution in [0.2, 0.25) is 0 Å². The van der Waals surface area contributed by atoms with E-state index in [1.165, 1.54) is 17.5 Å². The van der Waals surface area contributed by atoms with Gasteiger partial charge in [-0.2, -0.15) is 0 Å². The lowest BCUT2D eigenvalue weighted by Crippen LogP contribution is -2.41. The van der Waals surface area contributed by atoms with Crippen LogP contribution < -0.4 is 11.1 Å². The Morgan fingerprint density at radius 3 is 2.61 bits per heavy atom. The van der Waals surface area contributed by atoms with Gasteiger partial charge in [-0.1, -0.05) is 26.0 Å². The second-order valence-electron chi connectivity index (χ2n) is 6.89. The van der Waals surface area contributed by atoms with E-state index in [2.05, 4.69) is 25.2 Å². The zero-order chi connectivity index (χ0) is 16.8. The second kappa shape index (κ2) is 8.25. The summed E-state index contributed by atoms with van der Waals surface area (Å²) in [7, 11) is 0. The van der Waals surface area contributed by atoms with Gasteiger partial charge >= 0.3 is 0 Å². The molecule has 1 aromatic rings. The van der Waals surface area contributed by atoms with Crippen LogP contribution in [0.3, 0.4) is 0 Å². The number of carbonyl (C=O) groups is 2. The van der Waals surface area contributed by atoms with Crippen LogP contribution in [0.25, 0.3) is 0 Å². The van der Waals surface area contributed by atoms with Crippen molar-refractivity contribution in [3.05, 3.63) is 34.9 Å². The summed E-state index contributed by atoms with van der Waals surface area (Å²) in [4.78, 5) is 24.3. The van der Waals surface area contributed by atoms with Crippen LogP contribution in [0.1, 0.15) is 61.0 Å². The zero-order valence-corrected chi connectivity index (χ0v) is 14.2. The molecular weight excluding hydrogens is 288 g/mol. The standard InChI is InChI=1S/C19H28N2O2/c1-13(2)10-17(12-20)21-19(23)9-8-18(22)16-7-6-14-4-3-5-15(14)11-16/h6-7,11,13,17H,3-5,8-10,12,20H2,1-2H3,(H,21,23). The summed E-state index contributed by atoms with van der Waals surface area (Å²) in [5.74, 6) is 0.440. The van der Waals surface area contributed by atoms with Crippen LogP contribution in [-0.2, 0) is 17.6 Å². The quantitative estimate of drug-likeness (QED) is 0.724. The topological polar surface area (TPSA) is 72.2 Å². The summed E-state index contributed by atoms with van der Waals surface area (Å²) in [6.07, 6.45) is 4.69. The van der Waals surface area contributed by atoms with Gasteiger partial charge in [0.25, 0.3) is 0 Å². The maximum atomic E-state index is 12.3. The molecule has 0 fully saturated rings. The Labute approximate surface area is 138 Å². The molecule has 23 heavy (non-hydrogen) atoms. The summed E-state index contributed by atoms with van der Waals surface area (Å²) >= 11 is 0. The van der Waals surface area contributed by atoms with Crippen molar-refractivity contribution in [2.75, 3.05) is 6.54 Å². The Balaban J connectivity index is 1.83. The molecule has 0 saturated heterocycles. The van der Waals surface area contributed by atoms with Gasteiger partial charge in [0.1, 0.15) is 0 Å². The number of Topliss-reactive ketones (excluding diaryl/α,β-unsaturated/α-hetero) is 1. The Morgan fingerprint density at radius 1 is 1.17 bits per heavy atom. The van der Waals surface area contributed by atoms with Gasteiger partial charge in [-0.25, -0.2) is 0 Å². The van der Waals surface area contributed by atoms with Gasteiger partial charge < -0.3 is 11.1 Å². The lowest BCUT2D eigenvalue weighted by molar-refractivity contribution is -0.121. The van der Waals surface area contributed by atoms with E-state index >= 15 is 0 Å². The number of nitrogens with two attached hydrogens (primary N) is 1. The largest absolute Gasteiger partial charge is 0.352 e. The first-order valence-electron chi connectivity index (χ1n) is 8.64. The van der Waals surface area contributed by atoms with Crippen molar-refractivity contribution >= 4 is 11.7 Å². The molecule has 4 heteroatoms. The number of carbonyl (C=O) groups excluding carboxylic acids is 2. The lowest BCUT2D eigenvalue weighted by atomic mass is 10.0. The molecular formula is C19H28N2O2. The Morgan fingerprint density at radius 2 is 1.91 bits per heavy atom. The smallest absolute Gasteiger partial charge is 0.220 e. The minimum absolute atomic E-state index is 0.00223. The minimum Gasteiger partial charge on any atom is -0.352 e. The fraction of sp³-hybridized carbons (Fsp3) is 0.579. The molecule has 0 heterocycles. The molecule has 1 unspecified atom stereocenters. The summed E-state index contributed by atoms with van der Waals surface area (Å²) < 4.78 is 0. The predicted octanol–water partition coefficient (Wildman–Crippen LogP) is 2.63. The van der Waals surface area contributed by atoms with Crippen molar-refractivity contribution in [1.82, 2.24) is 5.32 Å².